The molecular weight excluding hydrogens is 240 g/mol. The summed E-state index contributed by atoms with van der Waals surface area (Å²) in [4.78, 5) is 0. The molecule has 5 heteroatoms. The monoisotopic (exact) mass is 257 g/mol. The Kier molecular flexibility index (Phi) is 4.27. The van der Waals surface area contributed by atoms with Crippen LogP contribution in [0.1, 0.15) is 18.4 Å². The molecule has 0 bridgehead atoms. The third-order valence-electron chi connectivity index (χ3n) is 3.49. The van der Waals surface area contributed by atoms with Crippen LogP contribution in [0, 0.1) is 17.6 Å². The van der Waals surface area contributed by atoms with Crippen LogP contribution in [0.25, 0.3) is 0 Å². The summed E-state index contributed by atoms with van der Waals surface area (Å²) in [5, 5.41) is 21.8. The first-order chi connectivity index (χ1) is 8.60. The predicted molar refractivity (Wildman–Crippen MR) is 62.8 cm³/mol. The maximum atomic E-state index is 13.4. The third-order valence-corrected chi connectivity index (χ3v) is 3.49. The molecule has 3 N–H and O–H groups in total. The topological polar surface area (TPSA) is 52.5 Å². The lowest BCUT2D eigenvalue weighted by molar-refractivity contribution is 0.0907. The zero-order valence-corrected chi connectivity index (χ0v) is 9.94. The van der Waals surface area contributed by atoms with Gasteiger partial charge >= 0.3 is 0 Å². The summed E-state index contributed by atoms with van der Waals surface area (Å²) in [6, 6.07) is 3.55. The van der Waals surface area contributed by atoms with Gasteiger partial charge in [-0.1, -0.05) is 6.07 Å². The zero-order chi connectivity index (χ0) is 13.1. The minimum atomic E-state index is -0.590. The standard InChI is InChI=1S/C13H17F2NO2/c14-10-2-1-8(12(15)4-10)6-16-11-3-9(7-17)13(18)5-11/h1-2,4,9,11,13,16-18H,3,5-7H2/t9-,11-,13-/m0/s1. The summed E-state index contributed by atoms with van der Waals surface area (Å²) in [5.74, 6) is -1.27. The van der Waals surface area contributed by atoms with Crippen molar-refractivity contribution in [2.45, 2.75) is 31.5 Å². The van der Waals surface area contributed by atoms with Crippen LogP contribution in [0.3, 0.4) is 0 Å². The third kappa shape index (κ3) is 3.04. The highest BCUT2D eigenvalue weighted by atomic mass is 19.1. The smallest absolute Gasteiger partial charge is 0.130 e. The Bertz CT molecular complexity index is 414. The molecule has 1 aromatic carbocycles. The van der Waals surface area contributed by atoms with Crippen LogP contribution in [0.2, 0.25) is 0 Å². The van der Waals surface area contributed by atoms with Crippen LogP contribution in [0.4, 0.5) is 8.78 Å². The quantitative estimate of drug-likeness (QED) is 0.759. The van der Waals surface area contributed by atoms with E-state index in [9.17, 15) is 13.9 Å². The highest BCUT2D eigenvalue weighted by molar-refractivity contribution is 5.18. The SMILES string of the molecule is OC[C@@H]1C[C@H](NCc2ccc(F)cc2F)C[C@@H]1O. The lowest BCUT2D eigenvalue weighted by Gasteiger charge is -2.12. The van der Waals surface area contributed by atoms with Crippen molar-refractivity contribution < 1.29 is 19.0 Å². The first-order valence-electron chi connectivity index (χ1n) is 6.06. The lowest BCUT2D eigenvalue weighted by atomic mass is 10.1. The number of aliphatic hydroxyl groups is 2. The van der Waals surface area contributed by atoms with Gasteiger partial charge in [0.05, 0.1) is 6.10 Å². The van der Waals surface area contributed by atoms with E-state index in [1.807, 2.05) is 0 Å². The van der Waals surface area contributed by atoms with Crippen LogP contribution < -0.4 is 5.32 Å². The Morgan fingerprint density at radius 3 is 2.67 bits per heavy atom. The minimum Gasteiger partial charge on any atom is -0.396 e. The second-order valence-corrected chi connectivity index (χ2v) is 4.79. The van der Waals surface area contributed by atoms with Crippen LogP contribution in [0.15, 0.2) is 18.2 Å². The summed E-state index contributed by atoms with van der Waals surface area (Å²) in [5.41, 5.74) is 0.401. The molecule has 1 aliphatic rings. The highest BCUT2D eigenvalue weighted by Gasteiger charge is 2.31. The van der Waals surface area contributed by atoms with Gasteiger partial charge in [0.2, 0.25) is 0 Å². The Labute approximate surface area is 104 Å². The average molecular weight is 257 g/mol. The van der Waals surface area contributed by atoms with Crippen molar-refractivity contribution in [3.63, 3.8) is 0 Å². The molecule has 100 valence electrons. The molecular formula is C13H17F2NO2. The molecule has 1 aromatic rings. The van der Waals surface area contributed by atoms with Gasteiger partial charge in [-0.3, -0.25) is 0 Å². The highest BCUT2D eigenvalue weighted by Crippen LogP contribution is 2.26. The Hall–Kier alpha value is -1.04. The molecule has 3 nitrogen and oxygen atoms in total. The van der Waals surface area contributed by atoms with Crippen LogP contribution in [0.5, 0.6) is 0 Å². The van der Waals surface area contributed by atoms with E-state index in [2.05, 4.69) is 5.32 Å². The molecule has 0 amide bonds. The number of benzene rings is 1. The average Bonchev–Trinajstić information content (AvgIpc) is 2.69. The maximum Gasteiger partial charge on any atom is 0.130 e. The van der Waals surface area contributed by atoms with E-state index in [0.29, 0.717) is 24.9 Å². The molecule has 0 heterocycles. The van der Waals surface area contributed by atoms with E-state index in [4.69, 9.17) is 5.11 Å². The molecule has 1 saturated carbocycles. The maximum absolute atomic E-state index is 13.4. The molecule has 0 radical (unpaired) electrons. The van der Waals surface area contributed by atoms with Crippen molar-refractivity contribution in [1.29, 1.82) is 0 Å². The van der Waals surface area contributed by atoms with Crippen LogP contribution >= 0.6 is 0 Å². The second kappa shape index (κ2) is 5.73. The predicted octanol–water partition coefficient (Wildman–Crippen LogP) is 1.19. The van der Waals surface area contributed by atoms with Crippen molar-refractivity contribution >= 4 is 0 Å². The van der Waals surface area contributed by atoms with Crippen molar-refractivity contribution in [2.24, 2.45) is 5.92 Å². The fraction of sp³-hybridized carbons (Fsp3) is 0.538. The Morgan fingerprint density at radius 1 is 1.28 bits per heavy atom. The number of halogens is 2. The zero-order valence-electron chi connectivity index (χ0n) is 9.94. The number of rotatable bonds is 4. The molecule has 0 unspecified atom stereocenters. The molecule has 0 aromatic heterocycles. The first kappa shape index (κ1) is 13.4. The van der Waals surface area contributed by atoms with E-state index in [0.717, 1.165) is 6.07 Å². The van der Waals surface area contributed by atoms with Gasteiger partial charge in [0.1, 0.15) is 11.6 Å². The summed E-state index contributed by atoms with van der Waals surface area (Å²) < 4.78 is 26.1. The molecule has 3 atom stereocenters. The summed E-state index contributed by atoms with van der Waals surface area (Å²) in [6.07, 6.45) is 0.708. The van der Waals surface area contributed by atoms with Gasteiger partial charge in [-0.2, -0.15) is 0 Å². The van der Waals surface area contributed by atoms with E-state index in [-0.39, 0.29) is 18.6 Å². The van der Waals surface area contributed by atoms with Gasteiger partial charge in [-0.15, -0.1) is 0 Å². The molecule has 1 aliphatic carbocycles. The fourth-order valence-electron chi connectivity index (χ4n) is 2.38. The largest absolute Gasteiger partial charge is 0.396 e. The van der Waals surface area contributed by atoms with Crippen molar-refractivity contribution in [3.05, 3.63) is 35.4 Å². The molecule has 18 heavy (non-hydrogen) atoms. The van der Waals surface area contributed by atoms with E-state index < -0.39 is 17.7 Å². The van der Waals surface area contributed by atoms with Gasteiger partial charge < -0.3 is 15.5 Å². The summed E-state index contributed by atoms with van der Waals surface area (Å²) >= 11 is 0. The second-order valence-electron chi connectivity index (χ2n) is 4.79. The fourth-order valence-corrected chi connectivity index (χ4v) is 2.38. The summed E-state index contributed by atoms with van der Waals surface area (Å²) in [7, 11) is 0. The van der Waals surface area contributed by atoms with Crippen molar-refractivity contribution in [3.8, 4) is 0 Å². The van der Waals surface area contributed by atoms with E-state index >= 15 is 0 Å². The van der Waals surface area contributed by atoms with Crippen molar-refractivity contribution in [1.82, 2.24) is 5.32 Å². The molecule has 1 fully saturated rings. The van der Waals surface area contributed by atoms with Gasteiger partial charge in [-0.25, -0.2) is 8.78 Å². The molecule has 0 spiro atoms. The van der Waals surface area contributed by atoms with Gasteiger partial charge in [0, 0.05) is 36.7 Å². The Morgan fingerprint density at radius 2 is 2.06 bits per heavy atom. The first-order valence-corrected chi connectivity index (χ1v) is 6.06. The number of hydrogen-bond acceptors (Lipinski definition) is 3. The molecule has 2 rings (SSSR count). The van der Waals surface area contributed by atoms with Crippen LogP contribution in [-0.4, -0.2) is 29.0 Å². The molecule has 0 aliphatic heterocycles. The van der Waals surface area contributed by atoms with E-state index in [1.54, 1.807) is 0 Å². The summed E-state index contributed by atoms with van der Waals surface area (Å²) in [6.45, 7) is 0.256. The number of nitrogens with one attached hydrogen (secondary N) is 1. The minimum absolute atomic E-state index is 0.0374. The van der Waals surface area contributed by atoms with Gasteiger partial charge in [-0.05, 0) is 18.9 Å². The van der Waals surface area contributed by atoms with Crippen LogP contribution in [-0.2, 0) is 6.54 Å². The normalized spacial score (nSPS) is 27.7. The number of aliphatic hydroxyl groups excluding tert-OH is 2. The van der Waals surface area contributed by atoms with Gasteiger partial charge in [0.25, 0.3) is 0 Å². The molecule has 0 saturated heterocycles. The van der Waals surface area contributed by atoms with Crippen molar-refractivity contribution in [2.75, 3.05) is 6.61 Å². The van der Waals surface area contributed by atoms with Gasteiger partial charge in [0.15, 0.2) is 0 Å². The van der Waals surface area contributed by atoms with E-state index in [1.165, 1.54) is 12.1 Å². The number of hydrogen-bond donors (Lipinski definition) is 3. The Balaban J connectivity index is 1.89. The lowest BCUT2D eigenvalue weighted by Crippen LogP contribution is -2.27.